The van der Waals surface area contributed by atoms with Crippen LogP contribution >= 0.6 is 0 Å². The maximum atomic E-state index is 13.5. The number of rotatable bonds is 4. The molecule has 1 aromatic heterocycles. The standard InChI is InChI=1S/C22H23F3N6O3/c1-3-4-12-30-16-18(27-17(28(2)19(16)32)15-8-6-5-7-9-15)31(34-20(33)22(23,24)25)21(30)29-13-10-26-11-14-29/h5-9,21,26H,10-14H2,1-2H3. The van der Waals surface area contributed by atoms with Crippen LogP contribution in [0.25, 0.3) is 11.4 Å². The van der Waals surface area contributed by atoms with Crippen molar-refractivity contribution in [1.82, 2.24) is 19.8 Å². The molecule has 34 heavy (non-hydrogen) atoms. The number of anilines is 2. The molecular formula is C22H23F3N6O3. The van der Waals surface area contributed by atoms with E-state index in [9.17, 15) is 22.8 Å². The van der Waals surface area contributed by atoms with Gasteiger partial charge in [-0.1, -0.05) is 36.3 Å². The lowest BCUT2D eigenvalue weighted by Crippen LogP contribution is -2.61. The quantitative estimate of drug-likeness (QED) is 0.662. The van der Waals surface area contributed by atoms with Crippen LogP contribution in [0.2, 0.25) is 0 Å². The number of carbonyl (C=O) groups excluding carboxylic acids is 1. The molecule has 0 spiro atoms. The normalized spacial score (nSPS) is 18.3. The minimum atomic E-state index is -5.23. The van der Waals surface area contributed by atoms with Gasteiger partial charge in [0, 0.05) is 38.8 Å². The van der Waals surface area contributed by atoms with E-state index in [1.807, 2.05) is 4.90 Å². The molecule has 4 rings (SSSR count). The second-order valence-electron chi connectivity index (χ2n) is 7.73. The Hall–Kier alpha value is -3.56. The Labute approximate surface area is 193 Å². The third-order valence-electron chi connectivity index (χ3n) is 5.58. The second-order valence-corrected chi connectivity index (χ2v) is 7.73. The maximum Gasteiger partial charge on any atom is 0.493 e. The van der Waals surface area contributed by atoms with Gasteiger partial charge in [-0.2, -0.15) is 13.2 Å². The molecule has 9 nitrogen and oxygen atoms in total. The predicted octanol–water partition coefficient (Wildman–Crippen LogP) is 1.31. The molecule has 0 amide bonds. The number of alkyl halides is 3. The van der Waals surface area contributed by atoms with Crippen LogP contribution < -0.4 is 20.8 Å². The number of carbonyl (C=O) groups is 1. The van der Waals surface area contributed by atoms with Crippen molar-refractivity contribution >= 4 is 17.5 Å². The molecule has 0 saturated carbocycles. The highest BCUT2D eigenvalue weighted by atomic mass is 19.4. The fourth-order valence-electron chi connectivity index (χ4n) is 4.00. The number of nitrogens with one attached hydrogen (secondary N) is 1. The zero-order chi connectivity index (χ0) is 24.5. The van der Waals surface area contributed by atoms with E-state index in [1.54, 1.807) is 37.3 Å². The third kappa shape index (κ3) is 4.32. The minimum absolute atomic E-state index is 0.0171. The lowest BCUT2D eigenvalue weighted by molar-refractivity contribution is -0.203. The smallest absolute Gasteiger partial charge is 0.327 e. The van der Waals surface area contributed by atoms with Crippen molar-refractivity contribution in [2.75, 3.05) is 42.7 Å². The third-order valence-corrected chi connectivity index (χ3v) is 5.58. The van der Waals surface area contributed by atoms with Crippen molar-refractivity contribution in [1.29, 1.82) is 0 Å². The molecule has 2 aliphatic heterocycles. The second kappa shape index (κ2) is 9.36. The highest BCUT2D eigenvalue weighted by molar-refractivity contribution is 5.80. The lowest BCUT2D eigenvalue weighted by atomic mass is 10.2. The number of nitrogens with zero attached hydrogens (tertiary/aromatic N) is 5. The van der Waals surface area contributed by atoms with Gasteiger partial charge in [0.05, 0.1) is 6.54 Å². The monoisotopic (exact) mass is 476 g/mol. The number of piperazine rings is 1. The number of aromatic nitrogens is 2. The molecule has 1 atom stereocenters. The fraction of sp³-hybridized carbons (Fsp3) is 0.409. The van der Waals surface area contributed by atoms with Crippen LogP contribution in [-0.4, -0.2) is 65.6 Å². The molecule has 1 N–H and O–H groups in total. The van der Waals surface area contributed by atoms with E-state index in [0.29, 0.717) is 31.7 Å². The molecule has 1 unspecified atom stereocenters. The van der Waals surface area contributed by atoms with E-state index < -0.39 is 24.0 Å². The van der Waals surface area contributed by atoms with Gasteiger partial charge < -0.3 is 15.1 Å². The summed E-state index contributed by atoms with van der Waals surface area (Å²) in [6.07, 6.45) is -6.25. The number of hydrogen-bond donors (Lipinski definition) is 1. The molecule has 0 bridgehead atoms. The molecule has 1 saturated heterocycles. The first kappa shape index (κ1) is 23.6. The van der Waals surface area contributed by atoms with Crippen LogP contribution in [0.15, 0.2) is 35.1 Å². The molecular weight excluding hydrogens is 453 g/mol. The van der Waals surface area contributed by atoms with Crippen LogP contribution in [0, 0.1) is 11.8 Å². The van der Waals surface area contributed by atoms with E-state index in [-0.39, 0.29) is 23.9 Å². The SMILES string of the molecule is CC#CCN1c2c(nc(-c3ccccc3)n(C)c2=O)N(OC(=O)C(F)(F)F)C1N1CCNCC1. The summed E-state index contributed by atoms with van der Waals surface area (Å²) in [5, 5.41) is 3.97. The Kier molecular flexibility index (Phi) is 6.49. The Morgan fingerprint density at radius 2 is 1.91 bits per heavy atom. The Balaban J connectivity index is 1.91. The van der Waals surface area contributed by atoms with Crippen molar-refractivity contribution in [3.8, 4) is 23.2 Å². The summed E-state index contributed by atoms with van der Waals surface area (Å²) < 4.78 is 40.9. The Morgan fingerprint density at radius 1 is 1.24 bits per heavy atom. The predicted molar refractivity (Wildman–Crippen MR) is 119 cm³/mol. The van der Waals surface area contributed by atoms with Crippen LogP contribution in [0.5, 0.6) is 0 Å². The molecule has 0 radical (unpaired) electrons. The number of hydroxylamine groups is 1. The Morgan fingerprint density at radius 3 is 2.53 bits per heavy atom. The van der Waals surface area contributed by atoms with E-state index >= 15 is 0 Å². The van der Waals surface area contributed by atoms with Crippen molar-refractivity contribution in [3.63, 3.8) is 0 Å². The van der Waals surface area contributed by atoms with Gasteiger partial charge in [-0.15, -0.1) is 11.0 Å². The number of halogens is 3. The minimum Gasteiger partial charge on any atom is -0.327 e. The van der Waals surface area contributed by atoms with Gasteiger partial charge in [-0.3, -0.25) is 14.3 Å². The first-order valence-electron chi connectivity index (χ1n) is 10.6. The summed E-state index contributed by atoms with van der Waals surface area (Å²) in [5.41, 5.74) is 0.105. The Bertz CT molecular complexity index is 1180. The fourth-order valence-corrected chi connectivity index (χ4v) is 4.00. The summed E-state index contributed by atoms with van der Waals surface area (Å²) >= 11 is 0. The van der Waals surface area contributed by atoms with Gasteiger partial charge in [0.25, 0.3) is 5.56 Å². The summed E-state index contributed by atoms with van der Waals surface area (Å²) in [5.74, 6) is 3.27. The average molecular weight is 476 g/mol. The molecule has 0 aliphatic carbocycles. The van der Waals surface area contributed by atoms with Crippen molar-refractivity contribution in [2.24, 2.45) is 7.05 Å². The summed E-state index contributed by atoms with van der Waals surface area (Å²) in [6, 6.07) is 8.75. The van der Waals surface area contributed by atoms with Crippen molar-refractivity contribution in [2.45, 2.75) is 19.4 Å². The first-order chi connectivity index (χ1) is 16.2. The molecule has 1 fully saturated rings. The highest BCUT2D eigenvalue weighted by Gasteiger charge is 2.50. The van der Waals surface area contributed by atoms with Gasteiger partial charge >= 0.3 is 12.1 Å². The highest BCUT2D eigenvalue weighted by Crippen LogP contribution is 2.39. The van der Waals surface area contributed by atoms with Gasteiger partial charge in [-0.05, 0) is 6.92 Å². The van der Waals surface area contributed by atoms with Crippen LogP contribution in [-0.2, 0) is 16.7 Å². The van der Waals surface area contributed by atoms with Gasteiger partial charge in [0.15, 0.2) is 17.8 Å². The van der Waals surface area contributed by atoms with E-state index in [4.69, 9.17) is 4.84 Å². The number of benzene rings is 1. The van der Waals surface area contributed by atoms with Crippen molar-refractivity contribution in [3.05, 3.63) is 40.7 Å². The number of fused-ring (bicyclic) bond motifs is 1. The molecule has 180 valence electrons. The van der Waals surface area contributed by atoms with Crippen LogP contribution in [0.3, 0.4) is 0 Å². The molecule has 12 heteroatoms. The largest absolute Gasteiger partial charge is 0.493 e. The summed E-state index contributed by atoms with van der Waals surface area (Å²) in [7, 11) is 1.53. The average Bonchev–Trinajstić information content (AvgIpc) is 3.13. The number of hydrogen-bond acceptors (Lipinski definition) is 8. The topological polar surface area (TPSA) is 82.9 Å². The molecule has 3 heterocycles. The van der Waals surface area contributed by atoms with Gasteiger partial charge in [0.2, 0.25) is 0 Å². The van der Waals surface area contributed by atoms with Gasteiger partial charge in [0.1, 0.15) is 5.82 Å². The zero-order valence-electron chi connectivity index (χ0n) is 18.6. The summed E-state index contributed by atoms with van der Waals surface area (Å²) in [4.78, 5) is 38.1. The van der Waals surface area contributed by atoms with Gasteiger partial charge in [-0.25, -0.2) is 9.78 Å². The first-order valence-corrected chi connectivity index (χ1v) is 10.6. The van der Waals surface area contributed by atoms with E-state index in [2.05, 4.69) is 22.1 Å². The van der Waals surface area contributed by atoms with Crippen LogP contribution in [0.4, 0.5) is 24.7 Å². The molecule has 2 aliphatic rings. The van der Waals surface area contributed by atoms with Crippen LogP contribution in [0.1, 0.15) is 6.92 Å². The van der Waals surface area contributed by atoms with E-state index in [0.717, 1.165) is 5.06 Å². The maximum absolute atomic E-state index is 13.5. The lowest BCUT2D eigenvalue weighted by Gasteiger charge is -2.40. The van der Waals surface area contributed by atoms with E-state index in [1.165, 1.54) is 16.5 Å². The molecule has 1 aromatic carbocycles. The van der Waals surface area contributed by atoms with Crippen molar-refractivity contribution < 1.29 is 22.8 Å². The summed E-state index contributed by atoms with van der Waals surface area (Å²) in [6.45, 7) is 3.68. The molecule has 2 aromatic rings. The zero-order valence-corrected chi connectivity index (χ0v) is 18.6.